The molecule has 0 fully saturated rings. The summed E-state index contributed by atoms with van der Waals surface area (Å²) in [5.41, 5.74) is 0. The largest absolute Gasteiger partial charge is 0.507 e. The molecular formula is C3H8O4. The molecule has 0 heterocycles. The lowest BCUT2D eigenvalue weighted by Gasteiger charge is -1.89. The van der Waals surface area contributed by atoms with Crippen molar-refractivity contribution < 1.29 is 19.7 Å². The normalized spacial score (nSPS) is 6.00. The number of hydrogen-bond donors (Lipinski definition) is 0. The van der Waals surface area contributed by atoms with Gasteiger partial charge in [-0.15, -0.1) is 0 Å². The van der Waals surface area contributed by atoms with Crippen LogP contribution in [0.25, 0.3) is 0 Å². The highest BCUT2D eigenvalue weighted by atomic mass is 16.7. The van der Waals surface area contributed by atoms with Gasteiger partial charge in [0.2, 0.25) is 0 Å². The fourth-order valence-electron chi connectivity index (χ4n) is 0.0833. The third kappa shape index (κ3) is 5.23. The van der Waals surface area contributed by atoms with Crippen LogP contribution in [-0.2, 0) is 9.47 Å². The smallest absolute Gasteiger partial charge is 0.438 e. The summed E-state index contributed by atoms with van der Waals surface area (Å²) in [6.45, 7) is 0. The first-order chi connectivity index (χ1) is 2.81. The van der Waals surface area contributed by atoms with Gasteiger partial charge >= 0.3 is 6.16 Å². The van der Waals surface area contributed by atoms with Gasteiger partial charge in [-0.1, -0.05) is 0 Å². The molecule has 0 saturated heterocycles. The Morgan fingerprint density at radius 2 is 1.57 bits per heavy atom. The van der Waals surface area contributed by atoms with Crippen molar-refractivity contribution in [3.63, 3.8) is 0 Å². The minimum absolute atomic E-state index is 0. The second-order valence-electron chi connectivity index (χ2n) is 0.658. The molecule has 0 saturated carbocycles. The zero-order valence-electron chi connectivity index (χ0n) is 4.22. The summed E-state index contributed by atoms with van der Waals surface area (Å²) in [5, 5.41) is 0. The fraction of sp³-hybridized carbons (Fsp3) is 0.667. The molecule has 0 amide bonds. The van der Waals surface area contributed by atoms with E-state index in [1.54, 1.807) is 0 Å². The van der Waals surface area contributed by atoms with Gasteiger partial charge < -0.3 is 14.9 Å². The third-order valence-electron chi connectivity index (χ3n) is 0.333. The van der Waals surface area contributed by atoms with Crippen molar-refractivity contribution in [1.29, 1.82) is 0 Å². The van der Waals surface area contributed by atoms with E-state index in [-0.39, 0.29) is 5.48 Å². The molecule has 0 aromatic heterocycles. The number of carbonyl (C=O) groups is 1. The van der Waals surface area contributed by atoms with Gasteiger partial charge in [-0.25, -0.2) is 4.79 Å². The van der Waals surface area contributed by atoms with Crippen LogP contribution in [0, 0.1) is 0 Å². The van der Waals surface area contributed by atoms with E-state index in [1.807, 2.05) is 0 Å². The fourth-order valence-corrected chi connectivity index (χ4v) is 0.0833. The number of ether oxygens (including phenoxy) is 2. The first-order valence-corrected chi connectivity index (χ1v) is 1.43. The molecule has 2 N–H and O–H groups in total. The van der Waals surface area contributed by atoms with Gasteiger partial charge in [-0.05, 0) is 0 Å². The summed E-state index contributed by atoms with van der Waals surface area (Å²) >= 11 is 0. The Morgan fingerprint density at radius 3 is 1.57 bits per heavy atom. The van der Waals surface area contributed by atoms with Crippen molar-refractivity contribution in [3.05, 3.63) is 0 Å². The van der Waals surface area contributed by atoms with Crippen LogP contribution in [0.4, 0.5) is 4.79 Å². The predicted molar refractivity (Wildman–Crippen MR) is 23.0 cm³/mol. The monoisotopic (exact) mass is 108 g/mol. The highest BCUT2D eigenvalue weighted by molar-refractivity contribution is 5.59. The second kappa shape index (κ2) is 5.23. The molecular weight excluding hydrogens is 100 g/mol. The van der Waals surface area contributed by atoms with Crippen molar-refractivity contribution in [2.45, 2.75) is 0 Å². The van der Waals surface area contributed by atoms with Crippen LogP contribution in [0.1, 0.15) is 0 Å². The Balaban J connectivity index is 0. The van der Waals surface area contributed by atoms with Crippen molar-refractivity contribution in [3.8, 4) is 0 Å². The van der Waals surface area contributed by atoms with E-state index in [1.165, 1.54) is 14.2 Å². The standard InChI is InChI=1S/C3H6O3.H2O/c1-5-3(4)6-2;/h1-2H3;1H2. The summed E-state index contributed by atoms with van der Waals surface area (Å²) in [5.74, 6) is 0. The van der Waals surface area contributed by atoms with Gasteiger partial charge in [0, 0.05) is 0 Å². The summed E-state index contributed by atoms with van der Waals surface area (Å²) in [4.78, 5) is 9.74. The van der Waals surface area contributed by atoms with Gasteiger partial charge in [0.1, 0.15) is 0 Å². The molecule has 0 spiro atoms. The summed E-state index contributed by atoms with van der Waals surface area (Å²) in [6, 6.07) is 0. The maximum Gasteiger partial charge on any atom is 0.507 e. The molecule has 0 aromatic carbocycles. The summed E-state index contributed by atoms with van der Waals surface area (Å²) in [6.07, 6.45) is -0.657. The van der Waals surface area contributed by atoms with Crippen LogP contribution in [0.15, 0.2) is 0 Å². The van der Waals surface area contributed by atoms with Crippen molar-refractivity contribution in [1.82, 2.24) is 0 Å². The Morgan fingerprint density at radius 1 is 1.29 bits per heavy atom. The van der Waals surface area contributed by atoms with E-state index >= 15 is 0 Å². The highest BCUT2D eigenvalue weighted by Crippen LogP contribution is 1.72. The lowest BCUT2D eigenvalue weighted by molar-refractivity contribution is 0.0924. The van der Waals surface area contributed by atoms with Crippen LogP contribution in [0.5, 0.6) is 0 Å². The lowest BCUT2D eigenvalue weighted by atomic mass is 11.3. The zero-order valence-corrected chi connectivity index (χ0v) is 4.22. The number of carbonyl (C=O) groups excluding carboxylic acids is 1. The maximum absolute atomic E-state index is 9.74. The molecule has 0 rings (SSSR count). The van der Waals surface area contributed by atoms with E-state index < -0.39 is 6.16 Å². The van der Waals surface area contributed by atoms with E-state index in [0.717, 1.165) is 0 Å². The highest BCUT2D eigenvalue weighted by Gasteiger charge is 1.88. The Kier molecular flexibility index (Phi) is 7.12. The first kappa shape index (κ1) is 9.52. The van der Waals surface area contributed by atoms with Crippen molar-refractivity contribution >= 4 is 6.16 Å². The van der Waals surface area contributed by atoms with Gasteiger partial charge in [0.15, 0.2) is 0 Å². The first-order valence-electron chi connectivity index (χ1n) is 1.43. The minimum atomic E-state index is -0.657. The summed E-state index contributed by atoms with van der Waals surface area (Å²) in [7, 11) is 2.51. The average molecular weight is 108 g/mol. The quantitative estimate of drug-likeness (QED) is 0.395. The molecule has 0 atom stereocenters. The summed E-state index contributed by atoms with van der Waals surface area (Å²) < 4.78 is 8.08. The van der Waals surface area contributed by atoms with Crippen LogP contribution >= 0.6 is 0 Å². The van der Waals surface area contributed by atoms with Crippen molar-refractivity contribution in [2.24, 2.45) is 0 Å². The molecule has 0 bridgehead atoms. The van der Waals surface area contributed by atoms with Gasteiger partial charge in [0.25, 0.3) is 0 Å². The Hall–Kier alpha value is -0.770. The number of rotatable bonds is 0. The Bertz CT molecular complexity index is 44.9. The van der Waals surface area contributed by atoms with Crippen LogP contribution in [0.3, 0.4) is 0 Å². The molecule has 0 unspecified atom stereocenters. The van der Waals surface area contributed by atoms with Gasteiger partial charge in [-0.3, -0.25) is 0 Å². The number of methoxy groups -OCH3 is 2. The third-order valence-corrected chi connectivity index (χ3v) is 0.333. The molecule has 0 aliphatic rings. The topological polar surface area (TPSA) is 67.0 Å². The molecule has 0 aliphatic heterocycles. The maximum atomic E-state index is 9.74. The van der Waals surface area contributed by atoms with E-state index in [0.29, 0.717) is 0 Å². The molecule has 4 heteroatoms. The molecule has 0 aromatic rings. The van der Waals surface area contributed by atoms with E-state index in [4.69, 9.17) is 0 Å². The molecule has 4 nitrogen and oxygen atoms in total. The number of hydrogen-bond acceptors (Lipinski definition) is 3. The van der Waals surface area contributed by atoms with Crippen LogP contribution in [0.2, 0.25) is 0 Å². The minimum Gasteiger partial charge on any atom is -0.438 e. The predicted octanol–water partition coefficient (Wildman–Crippen LogP) is -0.425. The average Bonchev–Trinajstić information content (AvgIpc) is 1.65. The molecule has 0 radical (unpaired) electrons. The van der Waals surface area contributed by atoms with E-state index in [2.05, 4.69) is 9.47 Å². The van der Waals surface area contributed by atoms with E-state index in [9.17, 15) is 4.79 Å². The van der Waals surface area contributed by atoms with Gasteiger partial charge in [-0.2, -0.15) is 0 Å². The molecule has 44 valence electrons. The molecule has 0 aliphatic carbocycles. The van der Waals surface area contributed by atoms with Gasteiger partial charge in [0.05, 0.1) is 14.2 Å². The molecule has 7 heavy (non-hydrogen) atoms. The van der Waals surface area contributed by atoms with Crippen LogP contribution in [-0.4, -0.2) is 25.9 Å². The van der Waals surface area contributed by atoms with Crippen molar-refractivity contribution in [2.75, 3.05) is 14.2 Å². The lowest BCUT2D eigenvalue weighted by Crippen LogP contribution is -1.97. The van der Waals surface area contributed by atoms with Crippen LogP contribution < -0.4 is 0 Å². The second-order valence-corrected chi connectivity index (χ2v) is 0.658. The SMILES string of the molecule is COC(=O)OC.O. The zero-order chi connectivity index (χ0) is 4.99. The Labute approximate surface area is 41.3 Å².